The minimum atomic E-state index is -0.289. The smallest absolute Gasteiger partial charge is 0.409 e. The number of amides is 1. The van der Waals surface area contributed by atoms with E-state index in [0.717, 1.165) is 0 Å². The van der Waals surface area contributed by atoms with E-state index in [1.54, 1.807) is 11.8 Å². The van der Waals surface area contributed by atoms with Gasteiger partial charge in [0, 0.05) is 19.1 Å². The largest absolute Gasteiger partial charge is 0.450 e. The highest BCUT2D eigenvalue weighted by Gasteiger charge is 2.25. The molecule has 18 heavy (non-hydrogen) atoms. The second kappa shape index (κ2) is 5.38. The number of rotatable bonds is 2. The number of hydrogen-bond acceptors (Lipinski definition) is 4. The number of nitrogens with one attached hydrogen (secondary N) is 2. The van der Waals surface area contributed by atoms with Crippen molar-refractivity contribution in [2.24, 2.45) is 0 Å². The standard InChI is InChI=1S/C10H16N4O3S/c1-2-17-10(16)13-5-3-7(4-6-13)14-8(15)11-12-9(14)18/h7H,2-6H2,1H3,(H,11,15)(H,12,18). The van der Waals surface area contributed by atoms with Gasteiger partial charge in [-0.3, -0.25) is 9.67 Å². The van der Waals surface area contributed by atoms with Crippen LogP contribution in [-0.4, -0.2) is 45.5 Å². The molecule has 7 nitrogen and oxygen atoms in total. The van der Waals surface area contributed by atoms with Crippen LogP contribution in [0.5, 0.6) is 0 Å². The maximum Gasteiger partial charge on any atom is 0.409 e. The predicted octanol–water partition coefficient (Wildman–Crippen LogP) is 1.03. The lowest BCUT2D eigenvalue weighted by atomic mass is 10.1. The van der Waals surface area contributed by atoms with Crippen molar-refractivity contribution in [3.63, 3.8) is 0 Å². The van der Waals surface area contributed by atoms with Gasteiger partial charge in [-0.15, -0.1) is 0 Å². The van der Waals surface area contributed by atoms with E-state index in [2.05, 4.69) is 10.2 Å². The maximum absolute atomic E-state index is 11.6. The van der Waals surface area contributed by atoms with Gasteiger partial charge in [-0.25, -0.2) is 14.7 Å². The van der Waals surface area contributed by atoms with E-state index in [1.165, 1.54) is 4.57 Å². The quantitative estimate of drug-likeness (QED) is 0.788. The first kappa shape index (κ1) is 12.9. The lowest BCUT2D eigenvalue weighted by Gasteiger charge is -2.31. The average Bonchev–Trinajstić information content (AvgIpc) is 2.70. The molecular formula is C10H16N4O3S. The zero-order chi connectivity index (χ0) is 13.1. The third-order valence-electron chi connectivity index (χ3n) is 3.07. The Labute approximate surface area is 109 Å². The number of aromatic amines is 2. The number of aromatic nitrogens is 3. The molecule has 0 aromatic carbocycles. The summed E-state index contributed by atoms with van der Waals surface area (Å²) in [7, 11) is 0. The number of carbonyl (C=O) groups is 1. The SMILES string of the molecule is CCOC(=O)N1CCC(n2c(=O)[nH][nH]c2=S)CC1. The number of nitrogens with zero attached hydrogens (tertiary/aromatic N) is 2. The van der Waals surface area contributed by atoms with Gasteiger partial charge >= 0.3 is 11.8 Å². The monoisotopic (exact) mass is 272 g/mol. The molecule has 0 bridgehead atoms. The Morgan fingerprint density at radius 3 is 2.61 bits per heavy atom. The Kier molecular flexibility index (Phi) is 3.85. The molecule has 0 radical (unpaired) electrons. The summed E-state index contributed by atoms with van der Waals surface area (Å²) in [6.45, 7) is 3.32. The molecule has 1 fully saturated rings. The van der Waals surface area contributed by atoms with Gasteiger partial charge in [0.05, 0.1) is 6.61 Å². The number of hydrogen-bond donors (Lipinski definition) is 2. The zero-order valence-electron chi connectivity index (χ0n) is 10.1. The molecular weight excluding hydrogens is 256 g/mol. The topological polar surface area (TPSA) is 83.1 Å². The van der Waals surface area contributed by atoms with Gasteiger partial charge in [0.25, 0.3) is 0 Å². The van der Waals surface area contributed by atoms with Crippen LogP contribution < -0.4 is 5.69 Å². The van der Waals surface area contributed by atoms with Crippen molar-refractivity contribution < 1.29 is 9.53 Å². The van der Waals surface area contributed by atoms with Gasteiger partial charge in [0.1, 0.15) is 0 Å². The van der Waals surface area contributed by atoms with Gasteiger partial charge in [-0.05, 0) is 32.0 Å². The van der Waals surface area contributed by atoms with E-state index in [-0.39, 0.29) is 17.8 Å². The summed E-state index contributed by atoms with van der Waals surface area (Å²) in [4.78, 5) is 24.7. The Morgan fingerprint density at radius 2 is 2.11 bits per heavy atom. The molecule has 1 saturated heterocycles. The number of carbonyl (C=O) groups excluding carboxylic acids is 1. The molecule has 2 rings (SSSR count). The number of piperidine rings is 1. The Bertz CT molecular complexity index is 496. The summed E-state index contributed by atoms with van der Waals surface area (Å²) in [5.74, 6) is 0. The minimum Gasteiger partial charge on any atom is -0.450 e. The molecule has 2 N–H and O–H groups in total. The summed E-state index contributed by atoms with van der Waals surface area (Å²) in [6, 6.07) is 0.0400. The molecule has 0 unspecified atom stereocenters. The summed E-state index contributed by atoms with van der Waals surface area (Å²) >= 11 is 5.05. The van der Waals surface area contributed by atoms with Crippen molar-refractivity contribution in [3.8, 4) is 0 Å². The summed E-state index contributed by atoms with van der Waals surface area (Å²) in [5, 5.41) is 5.09. The van der Waals surface area contributed by atoms with Crippen molar-refractivity contribution in [1.82, 2.24) is 19.7 Å². The van der Waals surface area contributed by atoms with Crippen LogP contribution in [0.4, 0.5) is 4.79 Å². The Balaban J connectivity index is 2.01. The van der Waals surface area contributed by atoms with Crippen molar-refractivity contribution in [1.29, 1.82) is 0 Å². The lowest BCUT2D eigenvalue weighted by Crippen LogP contribution is -2.40. The van der Waals surface area contributed by atoms with E-state index in [0.29, 0.717) is 37.3 Å². The molecule has 0 aliphatic carbocycles. The lowest BCUT2D eigenvalue weighted by molar-refractivity contribution is 0.0923. The molecule has 0 atom stereocenters. The first-order valence-corrected chi connectivity index (χ1v) is 6.35. The van der Waals surface area contributed by atoms with Crippen LogP contribution in [0.25, 0.3) is 0 Å². The van der Waals surface area contributed by atoms with Crippen molar-refractivity contribution >= 4 is 18.3 Å². The van der Waals surface area contributed by atoms with E-state index in [9.17, 15) is 9.59 Å². The van der Waals surface area contributed by atoms with Gasteiger partial charge < -0.3 is 9.64 Å². The van der Waals surface area contributed by atoms with Crippen LogP contribution >= 0.6 is 12.2 Å². The number of ether oxygens (including phenoxy) is 1. The van der Waals surface area contributed by atoms with Crippen LogP contribution in [0, 0.1) is 4.77 Å². The number of H-pyrrole nitrogens is 2. The van der Waals surface area contributed by atoms with Gasteiger partial charge in [0.2, 0.25) is 0 Å². The van der Waals surface area contributed by atoms with E-state index >= 15 is 0 Å². The van der Waals surface area contributed by atoms with Crippen LogP contribution in [0.3, 0.4) is 0 Å². The molecule has 2 heterocycles. The fraction of sp³-hybridized carbons (Fsp3) is 0.700. The zero-order valence-corrected chi connectivity index (χ0v) is 11.0. The normalized spacial score (nSPS) is 16.8. The second-order valence-corrected chi connectivity index (χ2v) is 4.53. The van der Waals surface area contributed by atoms with Crippen LogP contribution in [0.15, 0.2) is 4.79 Å². The van der Waals surface area contributed by atoms with E-state index in [1.807, 2.05) is 0 Å². The van der Waals surface area contributed by atoms with Crippen molar-refractivity contribution in [2.45, 2.75) is 25.8 Å². The van der Waals surface area contributed by atoms with Gasteiger partial charge in [0.15, 0.2) is 4.77 Å². The predicted molar refractivity (Wildman–Crippen MR) is 67.1 cm³/mol. The van der Waals surface area contributed by atoms with Crippen molar-refractivity contribution in [2.75, 3.05) is 19.7 Å². The van der Waals surface area contributed by atoms with Crippen LogP contribution in [0.2, 0.25) is 0 Å². The molecule has 1 aromatic rings. The number of likely N-dealkylation sites (tertiary alicyclic amines) is 1. The van der Waals surface area contributed by atoms with Gasteiger partial charge in [-0.2, -0.15) is 0 Å². The second-order valence-electron chi connectivity index (χ2n) is 4.15. The highest BCUT2D eigenvalue weighted by molar-refractivity contribution is 7.71. The Morgan fingerprint density at radius 1 is 1.44 bits per heavy atom. The first-order valence-electron chi connectivity index (χ1n) is 5.94. The summed E-state index contributed by atoms with van der Waals surface area (Å²) in [6.07, 6.45) is 1.12. The first-order chi connectivity index (χ1) is 8.63. The molecule has 0 spiro atoms. The van der Waals surface area contributed by atoms with Gasteiger partial charge in [-0.1, -0.05) is 0 Å². The molecule has 1 aliphatic heterocycles. The average molecular weight is 272 g/mol. The van der Waals surface area contributed by atoms with Crippen molar-refractivity contribution in [3.05, 3.63) is 15.3 Å². The fourth-order valence-electron chi connectivity index (χ4n) is 2.17. The minimum absolute atomic E-state index is 0.0400. The van der Waals surface area contributed by atoms with E-state index < -0.39 is 0 Å². The Hall–Kier alpha value is -1.57. The molecule has 0 saturated carbocycles. The molecule has 1 amide bonds. The maximum atomic E-state index is 11.6. The molecule has 1 aliphatic rings. The highest BCUT2D eigenvalue weighted by atomic mass is 32.1. The third kappa shape index (κ3) is 2.47. The van der Waals surface area contributed by atoms with E-state index in [4.69, 9.17) is 17.0 Å². The third-order valence-corrected chi connectivity index (χ3v) is 3.37. The fourth-order valence-corrected chi connectivity index (χ4v) is 2.46. The molecule has 8 heteroatoms. The summed E-state index contributed by atoms with van der Waals surface area (Å²) in [5.41, 5.74) is -0.227. The van der Waals surface area contributed by atoms with Crippen LogP contribution in [-0.2, 0) is 4.74 Å². The molecule has 1 aromatic heterocycles. The van der Waals surface area contributed by atoms with Crippen LogP contribution in [0.1, 0.15) is 25.8 Å². The molecule has 100 valence electrons. The highest BCUT2D eigenvalue weighted by Crippen LogP contribution is 2.21. The summed E-state index contributed by atoms with van der Waals surface area (Å²) < 4.78 is 6.88.